The average Bonchev–Trinajstić information content (AvgIpc) is 3.34. The SMILES string of the molecule is COC(=O)CC(=O)OC[C@]1(C)[C@@H]2CC[C@]3(C)[C@H](CC=C4[C@H]5CC(C)(C)CC[C@@]5(C(=O)O[C@H]5O[C@@H](CO[C@H]6O[C@@H](CO)[C@H](O[C@H]7O[C@@H](C)[C@H](O)[C@@H](O)[C@@H]7O)[C@@H](O)[C@@H]6O)[C@H](O)[C@@H](O)[C@@H]5O)CC[C@]43C)[C@@]2(C)CC[C@@H]1O. The molecule has 5 aliphatic carbocycles. The van der Waals surface area contributed by atoms with E-state index in [-0.39, 0.29) is 46.0 Å². The quantitative estimate of drug-likeness (QED) is 0.0542. The van der Waals surface area contributed by atoms with E-state index in [0.29, 0.717) is 38.5 Å². The van der Waals surface area contributed by atoms with Crippen LogP contribution in [0, 0.1) is 50.2 Å². The summed E-state index contributed by atoms with van der Waals surface area (Å²) in [5.41, 5.74) is -1.52. The van der Waals surface area contributed by atoms with Crippen LogP contribution in [0.25, 0.3) is 0 Å². The summed E-state index contributed by atoms with van der Waals surface area (Å²) >= 11 is 0. The highest BCUT2D eigenvalue weighted by Gasteiger charge is 2.70. The minimum absolute atomic E-state index is 0.00845. The lowest BCUT2D eigenvalue weighted by Gasteiger charge is -2.71. The van der Waals surface area contributed by atoms with E-state index in [1.54, 1.807) is 0 Å². The van der Waals surface area contributed by atoms with Crippen molar-refractivity contribution >= 4 is 17.9 Å². The molecule has 8 aliphatic rings. The van der Waals surface area contributed by atoms with Crippen LogP contribution in [0.1, 0.15) is 119 Å². The van der Waals surface area contributed by atoms with E-state index < -0.39 is 147 Å². The van der Waals surface area contributed by atoms with Gasteiger partial charge in [0.15, 0.2) is 12.6 Å². The number of aliphatic hydroxyl groups excluding tert-OH is 10. The van der Waals surface area contributed by atoms with Gasteiger partial charge >= 0.3 is 17.9 Å². The van der Waals surface area contributed by atoms with Crippen LogP contribution in [0.5, 0.6) is 0 Å². The maximum atomic E-state index is 15.1. The number of hydrogen-bond donors (Lipinski definition) is 10. The highest BCUT2D eigenvalue weighted by Crippen LogP contribution is 2.76. The van der Waals surface area contributed by atoms with Crippen molar-refractivity contribution in [1.29, 1.82) is 0 Å². The zero-order valence-electron chi connectivity index (χ0n) is 43.4. The summed E-state index contributed by atoms with van der Waals surface area (Å²) in [6.45, 7) is 13.4. The Balaban J connectivity index is 0.973. The Labute approximate surface area is 426 Å². The van der Waals surface area contributed by atoms with E-state index in [0.717, 1.165) is 25.7 Å². The van der Waals surface area contributed by atoms with E-state index in [1.807, 2.05) is 6.92 Å². The van der Waals surface area contributed by atoms with Crippen molar-refractivity contribution in [2.24, 2.45) is 50.2 Å². The van der Waals surface area contributed by atoms with Gasteiger partial charge in [0, 0.05) is 5.41 Å². The van der Waals surface area contributed by atoms with Crippen LogP contribution in [0.4, 0.5) is 0 Å². The highest BCUT2D eigenvalue weighted by molar-refractivity contribution is 5.91. The summed E-state index contributed by atoms with van der Waals surface area (Å²) in [6.07, 6.45) is -16.7. The second-order valence-electron chi connectivity index (χ2n) is 24.6. The molecule has 24 atom stereocenters. The van der Waals surface area contributed by atoms with Crippen LogP contribution < -0.4 is 0 Å². The Hall–Kier alpha value is -2.45. The number of hydrogen-bond acceptors (Lipinski definition) is 21. The predicted molar refractivity (Wildman–Crippen MR) is 251 cm³/mol. The molecular formula is C52H82O21. The Morgan fingerprint density at radius 2 is 1.33 bits per heavy atom. The monoisotopic (exact) mass is 1040 g/mol. The van der Waals surface area contributed by atoms with Gasteiger partial charge in [0.05, 0.1) is 44.6 Å². The summed E-state index contributed by atoms with van der Waals surface area (Å²) in [4.78, 5) is 39.6. The molecule has 10 N–H and O–H groups in total. The molecule has 3 aliphatic heterocycles. The molecule has 0 unspecified atom stereocenters. The smallest absolute Gasteiger partial charge is 0.317 e. The number of carbonyl (C=O) groups excluding carboxylic acids is 3. The third-order valence-electron chi connectivity index (χ3n) is 20.1. The molecule has 8 rings (SSSR count). The van der Waals surface area contributed by atoms with Gasteiger partial charge in [0.1, 0.15) is 73.6 Å². The number of esters is 3. The fourth-order valence-electron chi connectivity index (χ4n) is 15.3. The minimum atomic E-state index is -1.87. The van der Waals surface area contributed by atoms with Gasteiger partial charge in [-0.2, -0.15) is 0 Å². The van der Waals surface area contributed by atoms with Crippen LogP contribution in [0.3, 0.4) is 0 Å². The molecule has 73 heavy (non-hydrogen) atoms. The maximum Gasteiger partial charge on any atom is 0.317 e. The molecule has 0 amide bonds. The molecule has 3 heterocycles. The van der Waals surface area contributed by atoms with Gasteiger partial charge in [-0.1, -0.05) is 53.2 Å². The first-order chi connectivity index (χ1) is 34.1. The van der Waals surface area contributed by atoms with Gasteiger partial charge in [-0.05, 0) is 111 Å². The zero-order chi connectivity index (χ0) is 53.5. The normalized spacial score (nSPS) is 50.4. The second kappa shape index (κ2) is 20.7. The Morgan fingerprint density at radius 1 is 0.685 bits per heavy atom. The van der Waals surface area contributed by atoms with Crippen LogP contribution in [-0.2, 0) is 52.3 Å². The molecule has 0 radical (unpaired) electrons. The lowest BCUT2D eigenvalue weighted by atomic mass is 9.33. The molecule has 3 saturated heterocycles. The number of rotatable bonds is 12. The highest BCUT2D eigenvalue weighted by atomic mass is 16.8. The maximum absolute atomic E-state index is 15.1. The summed E-state index contributed by atoms with van der Waals surface area (Å²) < 4.78 is 45.2. The van der Waals surface area contributed by atoms with Gasteiger partial charge in [-0.25, -0.2) is 0 Å². The fraction of sp³-hybridized carbons (Fsp3) is 0.904. The topological polar surface area (TPSA) is 327 Å². The molecule has 0 spiro atoms. The molecule has 0 aromatic carbocycles. The molecule has 0 aromatic heterocycles. The second-order valence-corrected chi connectivity index (χ2v) is 24.6. The standard InChI is InChI=1S/C52H82O21/c1-24-34(57)36(59)39(62)44(69-24)72-42-27(21-53)70-43(41(64)38(42)61)67-22-28-35(58)37(60)40(63)45(71-28)73-46(65)52-17-15-47(2,3)20-26(52)25-9-10-30-48(4)13-12-31(54)49(5,23-68-33(56)19-32(55)66-8)29(48)11-14-51(30,7)50(25,6)16-18-52/h9,24,26-31,34-45,53-54,57-64H,10-23H2,1-8H3/t24-,26+,27-,28-,29+,30+,31-,34-,35-,36+,37+,38-,39-,40-,41-,42-,43-,44+,45+,48-,49+,50+,51+,52+/m0/s1. The zero-order valence-corrected chi connectivity index (χ0v) is 43.4. The molecule has 21 nitrogen and oxygen atoms in total. The lowest BCUT2D eigenvalue weighted by molar-refractivity contribution is -0.361. The summed E-state index contributed by atoms with van der Waals surface area (Å²) in [6, 6.07) is 0. The van der Waals surface area contributed by atoms with Gasteiger partial charge in [0.2, 0.25) is 6.29 Å². The minimum Gasteiger partial charge on any atom is -0.469 e. The third kappa shape index (κ3) is 9.63. The summed E-state index contributed by atoms with van der Waals surface area (Å²) in [5, 5.41) is 108. The van der Waals surface area contributed by atoms with Crippen LogP contribution in [0.2, 0.25) is 0 Å². The largest absolute Gasteiger partial charge is 0.469 e. The van der Waals surface area contributed by atoms with Crippen molar-refractivity contribution in [3.63, 3.8) is 0 Å². The molecule has 0 aromatic rings. The van der Waals surface area contributed by atoms with Crippen LogP contribution in [0.15, 0.2) is 11.6 Å². The third-order valence-corrected chi connectivity index (χ3v) is 20.1. The Kier molecular flexibility index (Phi) is 16.1. The van der Waals surface area contributed by atoms with E-state index in [1.165, 1.54) is 19.6 Å². The lowest BCUT2D eigenvalue weighted by Crippen LogP contribution is -2.66. The van der Waals surface area contributed by atoms with E-state index in [4.69, 9.17) is 33.2 Å². The number of fused-ring (bicyclic) bond motifs is 7. The van der Waals surface area contributed by atoms with Gasteiger partial charge < -0.3 is 89.0 Å². The molecule has 21 heteroatoms. The van der Waals surface area contributed by atoms with E-state index >= 15 is 4.79 Å². The first kappa shape index (κ1) is 56.7. The van der Waals surface area contributed by atoms with Gasteiger partial charge in [-0.15, -0.1) is 0 Å². The number of methoxy groups -OCH3 is 1. The van der Waals surface area contributed by atoms with Crippen molar-refractivity contribution in [2.75, 3.05) is 26.9 Å². The number of ether oxygens (including phenoxy) is 8. The number of allylic oxidation sites excluding steroid dienone is 2. The molecule has 0 bridgehead atoms. The first-order valence-corrected chi connectivity index (χ1v) is 26.2. The van der Waals surface area contributed by atoms with Crippen LogP contribution >= 0.6 is 0 Å². The van der Waals surface area contributed by atoms with Gasteiger partial charge in [-0.3, -0.25) is 14.4 Å². The van der Waals surface area contributed by atoms with Crippen molar-refractivity contribution < 1.29 is 103 Å². The van der Waals surface area contributed by atoms with Crippen molar-refractivity contribution in [1.82, 2.24) is 0 Å². The predicted octanol–water partition coefficient (Wildman–Crippen LogP) is 0.255. The molecule has 7 fully saturated rings. The Morgan fingerprint density at radius 3 is 2.01 bits per heavy atom. The Bertz CT molecular complexity index is 2050. The molecular weight excluding hydrogens is 961 g/mol. The average molecular weight is 1040 g/mol. The van der Waals surface area contributed by atoms with E-state index in [9.17, 15) is 60.7 Å². The van der Waals surface area contributed by atoms with Gasteiger partial charge in [0.25, 0.3) is 0 Å². The summed E-state index contributed by atoms with van der Waals surface area (Å²) in [7, 11) is 1.21. The number of aliphatic hydroxyl groups is 10. The van der Waals surface area contributed by atoms with Crippen molar-refractivity contribution in [3.8, 4) is 0 Å². The fourth-order valence-corrected chi connectivity index (χ4v) is 15.3. The van der Waals surface area contributed by atoms with E-state index in [2.05, 4.69) is 45.4 Å². The van der Waals surface area contributed by atoms with Crippen LogP contribution in [-0.4, -0.2) is 194 Å². The summed E-state index contributed by atoms with van der Waals surface area (Å²) in [5.74, 6) is -2.03. The number of carbonyl (C=O) groups is 3. The van der Waals surface area contributed by atoms with Crippen molar-refractivity contribution in [2.45, 2.75) is 217 Å². The van der Waals surface area contributed by atoms with Crippen molar-refractivity contribution in [3.05, 3.63) is 11.6 Å². The molecule has 416 valence electrons. The molecule has 4 saturated carbocycles. The first-order valence-electron chi connectivity index (χ1n) is 26.2.